The van der Waals surface area contributed by atoms with Crippen molar-refractivity contribution in [1.29, 1.82) is 0 Å². The van der Waals surface area contributed by atoms with Crippen LogP contribution in [0.5, 0.6) is 0 Å². The molecule has 0 aliphatic carbocycles. The van der Waals surface area contributed by atoms with Crippen LogP contribution in [-0.4, -0.2) is 63.2 Å². The van der Waals surface area contributed by atoms with Crippen molar-refractivity contribution in [3.63, 3.8) is 0 Å². The molecule has 0 aromatic heterocycles. The molecule has 0 spiro atoms. The molecular formula is C6H16N2O6. The zero-order chi connectivity index (χ0) is 11.1. The van der Waals surface area contributed by atoms with Gasteiger partial charge in [-0.15, -0.1) is 5.59 Å². The van der Waals surface area contributed by atoms with E-state index in [1.807, 2.05) is 0 Å². The Morgan fingerprint density at radius 2 is 1.57 bits per heavy atom. The molecular weight excluding hydrogens is 196 g/mol. The molecule has 8 heteroatoms. The van der Waals surface area contributed by atoms with Crippen LogP contribution in [0.2, 0.25) is 0 Å². The molecule has 0 rings (SSSR count). The molecule has 0 amide bonds. The largest absolute Gasteiger partial charge is 0.394 e. The SMILES string of the molecule is NNOC[C@@H](O)[C@H](O)[C@H](O)[C@H](O)CO. The topological polar surface area (TPSA) is 148 Å². The van der Waals surface area contributed by atoms with Crippen molar-refractivity contribution in [3.8, 4) is 0 Å². The molecule has 0 saturated carbocycles. The lowest BCUT2D eigenvalue weighted by atomic mass is 10.0. The first-order valence-corrected chi connectivity index (χ1v) is 3.95. The second-order valence-electron chi connectivity index (χ2n) is 2.73. The predicted molar refractivity (Wildman–Crippen MR) is 44.4 cm³/mol. The highest BCUT2D eigenvalue weighted by Gasteiger charge is 2.29. The molecule has 4 atom stereocenters. The molecule has 0 bridgehead atoms. The summed E-state index contributed by atoms with van der Waals surface area (Å²) in [5, 5.41) is 44.8. The summed E-state index contributed by atoms with van der Waals surface area (Å²) in [4.78, 5) is 4.34. The third kappa shape index (κ3) is 4.26. The molecule has 0 aromatic rings. The van der Waals surface area contributed by atoms with Crippen LogP contribution in [0.1, 0.15) is 0 Å². The summed E-state index contributed by atoms with van der Waals surface area (Å²) < 4.78 is 0. The fourth-order valence-corrected chi connectivity index (χ4v) is 0.795. The Kier molecular flexibility index (Phi) is 6.87. The number of hydrogen-bond acceptors (Lipinski definition) is 8. The molecule has 0 aliphatic rings. The van der Waals surface area contributed by atoms with Crippen molar-refractivity contribution in [3.05, 3.63) is 0 Å². The molecule has 8 N–H and O–H groups in total. The Bertz CT molecular complexity index is 148. The van der Waals surface area contributed by atoms with E-state index in [4.69, 9.17) is 26.3 Å². The van der Waals surface area contributed by atoms with Crippen molar-refractivity contribution in [2.24, 2.45) is 5.84 Å². The van der Waals surface area contributed by atoms with E-state index in [0.717, 1.165) is 0 Å². The van der Waals surface area contributed by atoms with Crippen LogP contribution in [0.15, 0.2) is 0 Å². The van der Waals surface area contributed by atoms with Gasteiger partial charge in [0, 0.05) is 0 Å². The van der Waals surface area contributed by atoms with Crippen molar-refractivity contribution < 1.29 is 30.4 Å². The zero-order valence-corrected chi connectivity index (χ0v) is 7.45. The van der Waals surface area contributed by atoms with Crippen molar-refractivity contribution >= 4 is 0 Å². The molecule has 0 heterocycles. The van der Waals surface area contributed by atoms with Crippen LogP contribution in [0.4, 0.5) is 0 Å². The molecule has 0 fully saturated rings. The van der Waals surface area contributed by atoms with Gasteiger partial charge >= 0.3 is 0 Å². The Hall–Kier alpha value is -0.320. The minimum absolute atomic E-state index is 0.368. The van der Waals surface area contributed by atoms with Crippen molar-refractivity contribution in [1.82, 2.24) is 5.59 Å². The lowest BCUT2D eigenvalue weighted by Crippen LogP contribution is -2.48. The smallest absolute Gasteiger partial charge is 0.111 e. The lowest BCUT2D eigenvalue weighted by Gasteiger charge is -2.25. The zero-order valence-electron chi connectivity index (χ0n) is 7.45. The summed E-state index contributed by atoms with van der Waals surface area (Å²) in [5.41, 5.74) is 1.77. The Labute approximate surface area is 80.5 Å². The third-order valence-electron chi connectivity index (χ3n) is 1.66. The van der Waals surface area contributed by atoms with Crippen molar-refractivity contribution in [2.75, 3.05) is 13.2 Å². The van der Waals surface area contributed by atoms with E-state index in [9.17, 15) is 5.11 Å². The van der Waals surface area contributed by atoms with E-state index in [1.165, 1.54) is 0 Å². The normalized spacial score (nSPS) is 20.1. The van der Waals surface area contributed by atoms with Crippen LogP contribution in [0.3, 0.4) is 0 Å². The Morgan fingerprint density at radius 3 is 2.00 bits per heavy atom. The number of aliphatic hydroxyl groups excluding tert-OH is 5. The van der Waals surface area contributed by atoms with Crippen LogP contribution in [0, 0.1) is 0 Å². The Morgan fingerprint density at radius 1 is 1.07 bits per heavy atom. The number of aliphatic hydroxyl groups is 5. The predicted octanol–water partition coefficient (Wildman–Crippen LogP) is -4.18. The molecule has 8 nitrogen and oxygen atoms in total. The molecule has 0 unspecified atom stereocenters. The average Bonchev–Trinajstić information content (AvgIpc) is 2.22. The van der Waals surface area contributed by atoms with Crippen LogP contribution >= 0.6 is 0 Å². The summed E-state index contributed by atoms with van der Waals surface area (Å²) in [7, 11) is 0. The van der Waals surface area contributed by atoms with E-state index >= 15 is 0 Å². The van der Waals surface area contributed by atoms with Gasteiger partial charge in [0.1, 0.15) is 24.4 Å². The maximum Gasteiger partial charge on any atom is 0.111 e. The molecule has 14 heavy (non-hydrogen) atoms. The summed E-state index contributed by atoms with van der Waals surface area (Å²) >= 11 is 0. The second-order valence-corrected chi connectivity index (χ2v) is 2.73. The minimum Gasteiger partial charge on any atom is -0.394 e. The Balaban J connectivity index is 3.95. The standard InChI is InChI=1S/C6H16N2O6/c7-8-14-2-4(11)6(13)5(12)3(10)1-9/h3-6,8-13H,1-2,7H2/t3-,4-,5-,6+/m1/s1. The quantitative estimate of drug-likeness (QED) is 0.166. The minimum atomic E-state index is -1.66. The van der Waals surface area contributed by atoms with E-state index in [2.05, 4.69) is 4.84 Å². The summed E-state index contributed by atoms with van der Waals surface area (Å²) in [6, 6.07) is 0. The maximum absolute atomic E-state index is 9.19. The first-order chi connectivity index (χ1) is 6.54. The highest BCUT2D eigenvalue weighted by atomic mass is 16.7. The number of rotatable bonds is 7. The average molecular weight is 212 g/mol. The highest BCUT2D eigenvalue weighted by Crippen LogP contribution is 2.04. The fraction of sp³-hybridized carbons (Fsp3) is 1.00. The molecule has 0 aromatic carbocycles. The van der Waals surface area contributed by atoms with Gasteiger partial charge in [-0.3, -0.25) is 4.84 Å². The van der Waals surface area contributed by atoms with Crippen LogP contribution in [-0.2, 0) is 4.84 Å². The second kappa shape index (κ2) is 7.04. The molecule has 0 aliphatic heterocycles. The summed E-state index contributed by atoms with van der Waals surface area (Å²) in [6.07, 6.45) is -6.24. The van der Waals surface area contributed by atoms with Gasteiger partial charge in [-0.1, -0.05) is 0 Å². The van der Waals surface area contributed by atoms with E-state index < -0.39 is 31.0 Å². The monoisotopic (exact) mass is 212 g/mol. The summed E-state index contributed by atoms with van der Waals surface area (Å²) in [6.45, 7) is -1.09. The molecule has 0 radical (unpaired) electrons. The third-order valence-corrected chi connectivity index (χ3v) is 1.66. The van der Waals surface area contributed by atoms with Gasteiger partial charge in [-0.05, 0) is 0 Å². The molecule has 86 valence electrons. The van der Waals surface area contributed by atoms with Gasteiger partial charge in [0.15, 0.2) is 0 Å². The van der Waals surface area contributed by atoms with Gasteiger partial charge in [-0.25, -0.2) is 5.84 Å². The van der Waals surface area contributed by atoms with Gasteiger partial charge in [-0.2, -0.15) is 0 Å². The van der Waals surface area contributed by atoms with Gasteiger partial charge in [0.05, 0.1) is 13.2 Å². The van der Waals surface area contributed by atoms with E-state index in [-0.39, 0.29) is 6.61 Å². The van der Waals surface area contributed by atoms with Gasteiger partial charge in [0.2, 0.25) is 0 Å². The number of nitrogens with two attached hydrogens (primary N) is 1. The fourth-order valence-electron chi connectivity index (χ4n) is 0.795. The maximum atomic E-state index is 9.19. The first-order valence-electron chi connectivity index (χ1n) is 3.95. The number of hydrogen-bond donors (Lipinski definition) is 7. The van der Waals surface area contributed by atoms with E-state index in [1.54, 1.807) is 5.59 Å². The molecule has 0 saturated heterocycles. The first kappa shape index (κ1) is 13.7. The highest BCUT2D eigenvalue weighted by molar-refractivity contribution is 4.80. The van der Waals surface area contributed by atoms with Crippen LogP contribution in [0.25, 0.3) is 0 Å². The van der Waals surface area contributed by atoms with Gasteiger partial charge in [0.25, 0.3) is 0 Å². The number of hydrazine groups is 1. The number of nitrogens with one attached hydrogen (secondary N) is 1. The van der Waals surface area contributed by atoms with Gasteiger partial charge < -0.3 is 25.5 Å². The van der Waals surface area contributed by atoms with Crippen molar-refractivity contribution in [2.45, 2.75) is 24.4 Å². The summed E-state index contributed by atoms with van der Waals surface area (Å²) in [5.74, 6) is 4.72. The lowest BCUT2D eigenvalue weighted by molar-refractivity contribution is -0.137. The van der Waals surface area contributed by atoms with E-state index in [0.29, 0.717) is 0 Å². The van der Waals surface area contributed by atoms with Crippen LogP contribution < -0.4 is 11.4 Å².